The van der Waals surface area contributed by atoms with Crippen LogP contribution in [0.2, 0.25) is 0 Å². The maximum Gasteiger partial charge on any atom is 0.255 e. The van der Waals surface area contributed by atoms with Crippen molar-refractivity contribution in [2.24, 2.45) is 0 Å². The van der Waals surface area contributed by atoms with E-state index in [1.54, 1.807) is 0 Å². The molecule has 1 aliphatic carbocycles. The third kappa shape index (κ3) is 2.49. The number of hydrogen-bond donors (Lipinski definition) is 2. The molecule has 1 amide bonds. The van der Waals surface area contributed by atoms with E-state index in [0.717, 1.165) is 24.0 Å². The van der Waals surface area contributed by atoms with Crippen LogP contribution in [-0.4, -0.2) is 11.9 Å². The third-order valence-electron chi connectivity index (χ3n) is 3.32. The zero-order valence-electron chi connectivity index (χ0n) is 10.8. The SMILES string of the molecule is Cc1ccc(-c2csc(N)c2C(=O)NC2CC2)cc1. The number of thiophene rings is 1. The summed E-state index contributed by atoms with van der Waals surface area (Å²) in [7, 11) is 0. The van der Waals surface area contributed by atoms with Crippen LogP contribution in [0, 0.1) is 6.92 Å². The summed E-state index contributed by atoms with van der Waals surface area (Å²) in [5, 5.41) is 5.56. The molecule has 0 spiro atoms. The van der Waals surface area contributed by atoms with Crippen LogP contribution < -0.4 is 11.1 Å². The highest BCUT2D eigenvalue weighted by molar-refractivity contribution is 7.15. The van der Waals surface area contributed by atoms with Crippen LogP contribution >= 0.6 is 11.3 Å². The Morgan fingerprint density at radius 3 is 2.63 bits per heavy atom. The number of nitrogens with two attached hydrogens (primary N) is 1. The standard InChI is InChI=1S/C15H16N2OS/c1-9-2-4-10(5-3-9)12-8-19-14(16)13(12)15(18)17-11-6-7-11/h2-5,8,11H,6-7,16H2,1H3,(H,17,18). The minimum absolute atomic E-state index is 0.0446. The third-order valence-corrected chi connectivity index (χ3v) is 4.13. The fourth-order valence-electron chi connectivity index (χ4n) is 2.04. The molecule has 1 aromatic carbocycles. The summed E-state index contributed by atoms with van der Waals surface area (Å²) in [6.45, 7) is 2.05. The first kappa shape index (κ1) is 12.2. The first-order chi connectivity index (χ1) is 9.15. The van der Waals surface area contributed by atoms with Crippen LogP contribution in [0.25, 0.3) is 11.1 Å². The summed E-state index contributed by atoms with van der Waals surface area (Å²) in [5.41, 5.74) is 9.77. The van der Waals surface area contributed by atoms with E-state index in [9.17, 15) is 4.79 Å². The van der Waals surface area contributed by atoms with Crippen molar-refractivity contribution >= 4 is 22.2 Å². The molecule has 1 fully saturated rings. The van der Waals surface area contributed by atoms with Gasteiger partial charge in [-0.3, -0.25) is 4.79 Å². The highest BCUT2D eigenvalue weighted by Crippen LogP contribution is 2.34. The van der Waals surface area contributed by atoms with Crippen molar-refractivity contribution in [3.63, 3.8) is 0 Å². The fraction of sp³-hybridized carbons (Fsp3) is 0.267. The molecule has 3 nitrogen and oxygen atoms in total. The summed E-state index contributed by atoms with van der Waals surface area (Å²) in [4.78, 5) is 12.3. The molecular formula is C15H16N2OS. The molecule has 0 unspecified atom stereocenters. The van der Waals surface area contributed by atoms with E-state index in [-0.39, 0.29) is 5.91 Å². The van der Waals surface area contributed by atoms with E-state index < -0.39 is 0 Å². The summed E-state index contributed by atoms with van der Waals surface area (Å²) in [6, 6.07) is 8.50. The van der Waals surface area contributed by atoms with Gasteiger partial charge in [0.25, 0.3) is 5.91 Å². The lowest BCUT2D eigenvalue weighted by Gasteiger charge is -2.07. The average molecular weight is 272 g/mol. The van der Waals surface area contributed by atoms with Crippen LogP contribution in [0.5, 0.6) is 0 Å². The van der Waals surface area contributed by atoms with Crippen LogP contribution in [0.1, 0.15) is 28.8 Å². The van der Waals surface area contributed by atoms with Crippen molar-refractivity contribution in [2.75, 3.05) is 5.73 Å². The number of nitrogen functional groups attached to an aromatic ring is 1. The molecule has 1 saturated carbocycles. The number of anilines is 1. The number of rotatable bonds is 3. The molecule has 3 rings (SSSR count). The number of benzene rings is 1. The van der Waals surface area contributed by atoms with Crippen molar-refractivity contribution in [3.05, 3.63) is 40.8 Å². The van der Waals surface area contributed by atoms with Crippen molar-refractivity contribution in [2.45, 2.75) is 25.8 Å². The van der Waals surface area contributed by atoms with Gasteiger partial charge in [-0.05, 0) is 25.3 Å². The Morgan fingerprint density at radius 2 is 2.00 bits per heavy atom. The molecule has 0 saturated heterocycles. The Labute approximate surface area is 116 Å². The lowest BCUT2D eigenvalue weighted by Crippen LogP contribution is -2.26. The number of aryl methyl sites for hydroxylation is 1. The molecule has 3 N–H and O–H groups in total. The molecule has 1 heterocycles. The Kier molecular flexibility index (Phi) is 3.03. The fourth-order valence-corrected chi connectivity index (χ4v) is 2.86. The van der Waals surface area contributed by atoms with Gasteiger partial charge in [0.1, 0.15) is 0 Å². The highest BCUT2D eigenvalue weighted by atomic mass is 32.1. The topological polar surface area (TPSA) is 55.1 Å². The molecule has 0 aliphatic heterocycles. The zero-order valence-corrected chi connectivity index (χ0v) is 11.6. The van der Waals surface area contributed by atoms with Gasteiger partial charge in [0.05, 0.1) is 10.6 Å². The van der Waals surface area contributed by atoms with Gasteiger partial charge in [0.2, 0.25) is 0 Å². The van der Waals surface area contributed by atoms with Crippen molar-refractivity contribution in [1.82, 2.24) is 5.32 Å². The van der Waals surface area contributed by atoms with Gasteiger partial charge in [-0.2, -0.15) is 0 Å². The lowest BCUT2D eigenvalue weighted by molar-refractivity contribution is 0.0953. The second-order valence-corrected chi connectivity index (χ2v) is 5.91. The van der Waals surface area contributed by atoms with E-state index in [1.165, 1.54) is 16.9 Å². The van der Waals surface area contributed by atoms with E-state index >= 15 is 0 Å². The van der Waals surface area contributed by atoms with Crippen molar-refractivity contribution in [1.29, 1.82) is 0 Å². The predicted octanol–water partition coefficient (Wildman–Crippen LogP) is 3.20. The van der Waals surface area contributed by atoms with E-state index in [1.807, 2.05) is 36.6 Å². The molecular weight excluding hydrogens is 256 g/mol. The Balaban J connectivity index is 1.97. The number of nitrogens with one attached hydrogen (secondary N) is 1. The average Bonchev–Trinajstić information content (AvgIpc) is 3.11. The van der Waals surface area contributed by atoms with E-state index in [2.05, 4.69) is 5.32 Å². The van der Waals surface area contributed by atoms with Gasteiger partial charge in [0.15, 0.2) is 0 Å². The van der Waals surface area contributed by atoms with Gasteiger partial charge in [0, 0.05) is 17.0 Å². The number of carbonyl (C=O) groups is 1. The minimum atomic E-state index is -0.0446. The molecule has 0 atom stereocenters. The van der Waals surface area contributed by atoms with Gasteiger partial charge in [-0.15, -0.1) is 11.3 Å². The van der Waals surface area contributed by atoms with Crippen molar-refractivity contribution in [3.8, 4) is 11.1 Å². The van der Waals surface area contributed by atoms with Crippen molar-refractivity contribution < 1.29 is 4.79 Å². The summed E-state index contributed by atoms with van der Waals surface area (Å²) >= 11 is 1.42. The van der Waals surface area contributed by atoms with Crippen LogP contribution in [-0.2, 0) is 0 Å². The maximum absolute atomic E-state index is 12.3. The molecule has 4 heteroatoms. The Morgan fingerprint density at radius 1 is 1.32 bits per heavy atom. The first-order valence-electron chi connectivity index (χ1n) is 6.40. The van der Waals surface area contributed by atoms with Crippen LogP contribution in [0.3, 0.4) is 0 Å². The van der Waals surface area contributed by atoms with Gasteiger partial charge in [-0.1, -0.05) is 29.8 Å². The number of carbonyl (C=O) groups excluding carboxylic acids is 1. The lowest BCUT2D eigenvalue weighted by atomic mass is 10.0. The Hall–Kier alpha value is -1.81. The van der Waals surface area contributed by atoms with E-state index in [4.69, 9.17) is 5.73 Å². The highest BCUT2D eigenvalue weighted by Gasteiger charge is 2.26. The normalized spacial score (nSPS) is 14.4. The minimum Gasteiger partial charge on any atom is -0.390 e. The van der Waals surface area contributed by atoms with E-state index in [0.29, 0.717) is 16.6 Å². The first-order valence-corrected chi connectivity index (χ1v) is 7.28. The van der Waals surface area contributed by atoms with Gasteiger partial charge < -0.3 is 11.1 Å². The second kappa shape index (κ2) is 4.70. The summed E-state index contributed by atoms with van der Waals surface area (Å²) in [5.74, 6) is -0.0446. The molecule has 0 bridgehead atoms. The number of hydrogen-bond acceptors (Lipinski definition) is 3. The largest absolute Gasteiger partial charge is 0.390 e. The molecule has 19 heavy (non-hydrogen) atoms. The maximum atomic E-state index is 12.3. The van der Waals surface area contributed by atoms with Crippen LogP contribution in [0.4, 0.5) is 5.00 Å². The molecule has 0 radical (unpaired) electrons. The van der Waals surface area contributed by atoms with Gasteiger partial charge >= 0.3 is 0 Å². The predicted molar refractivity (Wildman–Crippen MR) is 79.4 cm³/mol. The molecule has 2 aromatic rings. The van der Waals surface area contributed by atoms with Crippen LogP contribution in [0.15, 0.2) is 29.6 Å². The summed E-state index contributed by atoms with van der Waals surface area (Å²) < 4.78 is 0. The zero-order chi connectivity index (χ0) is 13.4. The second-order valence-electron chi connectivity index (χ2n) is 5.00. The number of amides is 1. The summed E-state index contributed by atoms with van der Waals surface area (Å²) in [6.07, 6.45) is 2.16. The Bertz CT molecular complexity index is 612. The quantitative estimate of drug-likeness (QED) is 0.901. The molecule has 98 valence electrons. The molecule has 1 aliphatic rings. The molecule has 1 aromatic heterocycles. The monoisotopic (exact) mass is 272 g/mol. The van der Waals surface area contributed by atoms with Gasteiger partial charge in [-0.25, -0.2) is 0 Å². The smallest absolute Gasteiger partial charge is 0.255 e.